The van der Waals surface area contributed by atoms with Crippen LogP contribution in [0.3, 0.4) is 0 Å². The second-order valence-electron chi connectivity index (χ2n) is 6.70. The SMILES string of the molecule is O=C(c1cc(F)cc(F)c1)N1CCN(Cc2ccc3c(c2)OCCO3)CC1. The Morgan fingerprint density at radius 3 is 2.26 bits per heavy atom. The molecule has 1 fully saturated rings. The summed E-state index contributed by atoms with van der Waals surface area (Å²) in [5, 5.41) is 0. The first-order valence-corrected chi connectivity index (χ1v) is 8.95. The highest BCUT2D eigenvalue weighted by atomic mass is 19.1. The second kappa shape index (κ2) is 7.52. The molecule has 2 aromatic rings. The molecule has 1 saturated heterocycles. The van der Waals surface area contributed by atoms with Crippen molar-refractivity contribution in [1.29, 1.82) is 0 Å². The average molecular weight is 374 g/mol. The van der Waals surface area contributed by atoms with Crippen molar-refractivity contribution in [3.05, 3.63) is 59.2 Å². The highest BCUT2D eigenvalue weighted by Gasteiger charge is 2.23. The van der Waals surface area contributed by atoms with Gasteiger partial charge in [0.15, 0.2) is 11.5 Å². The molecule has 27 heavy (non-hydrogen) atoms. The number of carbonyl (C=O) groups is 1. The van der Waals surface area contributed by atoms with Gasteiger partial charge in [-0.15, -0.1) is 0 Å². The molecular formula is C20H20F2N2O3. The number of hydrogen-bond acceptors (Lipinski definition) is 4. The summed E-state index contributed by atoms with van der Waals surface area (Å²) in [4.78, 5) is 16.3. The van der Waals surface area contributed by atoms with Gasteiger partial charge < -0.3 is 14.4 Å². The number of ether oxygens (including phenoxy) is 2. The third-order valence-corrected chi connectivity index (χ3v) is 4.78. The third kappa shape index (κ3) is 4.03. The molecule has 0 saturated carbocycles. The van der Waals surface area contributed by atoms with E-state index in [1.165, 1.54) is 0 Å². The van der Waals surface area contributed by atoms with Crippen molar-refractivity contribution in [2.75, 3.05) is 39.4 Å². The number of halogens is 2. The van der Waals surface area contributed by atoms with Crippen molar-refractivity contribution in [1.82, 2.24) is 9.80 Å². The summed E-state index contributed by atoms with van der Waals surface area (Å²) in [7, 11) is 0. The van der Waals surface area contributed by atoms with Gasteiger partial charge in [-0.3, -0.25) is 9.69 Å². The highest BCUT2D eigenvalue weighted by molar-refractivity contribution is 5.94. The van der Waals surface area contributed by atoms with E-state index in [0.29, 0.717) is 39.4 Å². The standard InChI is InChI=1S/C20H20F2N2O3/c21-16-10-15(11-17(22)12-16)20(25)24-5-3-23(4-6-24)13-14-1-2-18-19(9-14)27-8-7-26-18/h1-2,9-12H,3-8,13H2. The van der Waals surface area contributed by atoms with E-state index >= 15 is 0 Å². The van der Waals surface area contributed by atoms with Crippen LogP contribution in [0.1, 0.15) is 15.9 Å². The number of piperazine rings is 1. The highest BCUT2D eigenvalue weighted by Crippen LogP contribution is 2.31. The Bertz CT molecular complexity index is 831. The number of rotatable bonds is 3. The van der Waals surface area contributed by atoms with Crippen LogP contribution in [0.2, 0.25) is 0 Å². The summed E-state index contributed by atoms with van der Waals surface area (Å²) in [6.07, 6.45) is 0. The minimum Gasteiger partial charge on any atom is -0.486 e. The molecule has 0 spiro atoms. The van der Waals surface area contributed by atoms with E-state index in [4.69, 9.17) is 9.47 Å². The summed E-state index contributed by atoms with van der Waals surface area (Å²) in [6, 6.07) is 8.84. The number of fused-ring (bicyclic) bond motifs is 1. The molecule has 1 amide bonds. The topological polar surface area (TPSA) is 42.0 Å². The van der Waals surface area contributed by atoms with Crippen LogP contribution in [-0.4, -0.2) is 55.1 Å². The normalized spacial score (nSPS) is 17.0. The fraction of sp³-hybridized carbons (Fsp3) is 0.350. The summed E-state index contributed by atoms with van der Waals surface area (Å²) in [5.41, 5.74) is 1.17. The lowest BCUT2D eigenvalue weighted by molar-refractivity contribution is 0.0627. The maximum Gasteiger partial charge on any atom is 0.254 e. The predicted molar refractivity (Wildman–Crippen MR) is 95.0 cm³/mol. The van der Waals surface area contributed by atoms with Gasteiger partial charge in [0.1, 0.15) is 24.8 Å². The molecule has 0 bridgehead atoms. The molecule has 7 heteroatoms. The number of carbonyl (C=O) groups excluding carboxylic acids is 1. The molecule has 0 N–H and O–H groups in total. The van der Waals surface area contributed by atoms with Gasteiger partial charge >= 0.3 is 0 Å². The summed E-state index contributed by atoms with van der Waals surface area (Å²) in [6.45, 7) is 4.28. The first-order valence-electron chi connectivity index (χ1n) is 8.95. The smallest absolute Gasteiger partial charge is 0.254 e. The van der Waals surface area contributed by atoms with Crippen molar-refractivity contribution in [3.63, 3.8) is 0 Å². The minimum absolute atomic E-state index is 0.0489. The summed E-state index contributed by atoms with van der Waals surface area (Å²) < 4.78 is 37.8. The zero-order chi connectivity index (χ0) is 18.8. The first-order chi connectivity index (χ1) is 13.1. The fourth-order valence-corrected chi connectivity index (χ4v) is 3.41. The molecule has 0 aliphatic carbocycles. The van der Waals surface area contributed by atoms with E-state index in [9.17, 15) is 13.6 Å². The Morgan fingerprint density at radius 2 is 1.56 bits per heavy atom. The maximum atomic E-state index is 13.3. The Morgan fingerprint density at radius 1 is 0.889 bits per heavy atom. The molecule has 2 aliphatic rings. The molecule has 5 nitrogen and oxygen atoms in total. The quantitative estimate of drug-likeness (QED) is 0.829. The lowest BCUT2D eigenvalue weighted by Gasteiger charge is -2.35. The molecular weight excluding hydrogens is 354 g/mol. The van der Waals surface area contributed by atoms with Crippen molar-refractivity contribution >= 4 is 5.91 Å². The summed E-state index contributed by atoms with van der Waals surface area (Å²) in [5.74, 6) is -0.290. The van der Waals surface area contributed by atoms with Gasteiger partial charge in [0.2, 0.25) is 0 Å². The third-order valence-electron chi connectivity index (χ3n) is 4.78. The van der Waals surface area contributed by atoms with E-state index in [-0.39, 0.29) is 11.5 Å². The number of hydrogen-bond donors (Lipinski definition) is 0. The summed E-state index contributed by atoms with van der Waals surface area (Å²) >= 11 is 0. The van der Waals surface area contributed by atoms with Gasteiger partial charge in [0.25, 0.3) is 5.91 Å². The molecule has 0 aromatic heterocycles. The molecule has 2 aliphatic heterocycles. The zero-order valence-corrected chi connectivity index (χ0v) is 14.8. The van der Waals surface area contributed by atoms with Crippen LogP contribution in [0.15, 0.2) is 36.4 Å². The van der Waals surface area contributed by atoms with Crippen LogP contribution in [0.5, 0.6) is 11.5 Å². The van der Waals surface area contributed by atoms with Crippen molar-refractivity contribution in [3.8, 4) is 11.5 Å². The molecule has 142 valence electrons. The molecule has 0 atom stereocenters. The van der Waals surface area contributed by atoms with Gasteiger partial charge in [-0.25, -0.2) is 8.78 Å². The van der Waals surface area contributed by atoms with Gasteiger partial charge in [0.05, 0.1) is 0 Å². The predicted octanol–water partition coefficient (Wildman–Crippen LogP) is 2.69. The lowest BCUT2D eigenvalue weighted by Crippen LogP contribution is -2.48. The van der Waals surface area contributed by atoms with E-state index in [0.717, 1.165) is 41.8 Å². The largest absolute Gasteiger partial charge is 0.486 e. The van der Waals surface area contributed by atoms with E-state index < -0.39 is 11.6 Å². The van der Waals surface area contributed by atoms with Crippen LogP contribution in [-0.2, 0) is 6.54 Å². The average Bonchev–Trinajstić information content (AvgIpc) is 2.67. The lowest BCUT2D eigenvalue weighted by atomic mass is 10.1. The minimum atomic E-state index is -0.740. The second-order valence-corrected chi connectivity index (χ2v) is 6.70. The van der Waals surface area contributed by atoms with E-state index in [1.54, 1.807) is 4.90 Å². The van der Waals surface area contributed by atoms with Crippen molar-refractivity contribution in [2.45, 2.75) is 6.54 Å². The Balaban J connectivity index is 1.35. The molecule has 4 rings (SSSR count). The molecule has 2 heterocycles. The monoisotopic (exact) mass is 374 g/mol. The van der Waals surface area contributed by atoms with Gasteiger partial charge in [-0.2, -0.15) is 0 Å². The number of amides is 1. The maximum absolute atomic E-state index is 13.3. The first kappa shape index (κ1) is 17.7. The van der Waals surface area contributed by atoms with Gasteiger partial charge in [-0.05, 0) is 29.8 Å². The zero-order valence-electron chi connectivity index (χ0n) is 14.8. The van der Waals surface area contributed by atoms with Crippen molar-refractivity contribution < 1.29 is 23.0 Å². The molecule has 0 radical (unpaired) electrons. The molecule has 0 unspecified atom stereocenters. The Labute approximate surface area is 156 Å². The van der Waals surface area contributed by atoms with Crippen LogP contribution >= 0.6 is 0 Å². The van der Waals surface area contributed by atoms with Gasteiger partial charge in [0, 0.05) is 44.4 Å². The van der Waals surface area contributed by atoms with Gasteiger partial charge in [-0.1, -0.05) is 6.07 Å². The Hall–Kier alpha value is -2.67. The number of benzene rings is 2. The number of nitrogens with zero attached hydrogens (tertiary/aromatic N) is 2. The van der Waals surface area contributed by atoms with Crippen LogP contribution in [0, 0.1) is 11.6 Å². The van der Waals surface area contributed by atoms with Crippen LogP contribution < -0.4 is 9.47 Å². The van der Waals surface area contributed by atoms with E-state index in [1.807, 2.05) is 18.2 Å². The van der Waals surface area contributed by atoms with Crippen LogP contribution in [0.25, 0.3) is 0 Å². The fourth-order valence-electron chi connectivity index (χ4n) is 3.41. The van der Waals surface area contributed by atoms with E-state index in [2.05, 4.69) is 4.90 Å². The Kier molecular flexibility index (Phi) is 4.94. The molecule has 2 aromatic carbocycles. The van der Waals surface area contributed by atoms with Crippen molar-refractivity contribution in [2.24, 2.45) is 0 Å². The van der Waals surface area contributed by atoms with Crippen LogP contribution in [0.4, 0.5) is 8.78 Å².